The number of ether oxygens (including phenoxy) is 2. The minimum absolute atomic E-state index is 0.0558. The molecule has 0 heterocycles. The first-order valence-electron chi connectivity index (χ1n) is 4.51. The molecule has 0 bridgehead atoms. The van der Waals surface area contributed by atoms with Crippen LogP contribution in [0.25, 0.3) is 0 Å². The van der Waals surface area contributed by atoms with Crippen LogP contribution >= 0.6 is 0 Å². The number of hydrogen-bond donors (Lipinski definition) is 2. The van der Waals surface area contributed by atoms with Crippen LogP contribution in [-0.4, -0.2) is 30.0 Å². The van der Waals surface area contributed by atoms with E-state index in [0.29, 0.717) is 0 Å². The van der Waals surface area contributed by atoms with Gasteiger partial charge < -0.3 is 20.6 Å². The van der Waals surface area contributed by atoms with Gasteiger partial charge in [-0.3, -0.25) is 4.79 Å². The van der Waals surface area contributed by atoms with E-state index in [0.717, 1.165) is 0 Å². The third-order valence-corrected chi connectivity index (χ3v) is 1.71. The zero-order chi connectivity index (χ0) is 12.1. The monoisotopic (exact) mass is 216 g/mol. The Kier molecular flexibility index (Phi) is 4.77. The maximum absolute atomic E-state index is 11.1. The number of nitrogens with two attached hydrogens (primary N) is 1. The van der Waals surface area contributed by atoms with Crippen molar-refractivity contribution in [2.75, 3.05) is 6.61 Å². The van der Waals surface area contributed by atoms with Gasteiger partial charge in [0.05, 0.1) is 18.7 Å². The average molecular weight is 216 g/mol. The van der Waals surface area contributed by atoms with Crippen molar-refractivity contribution >= 4 is 17.8 Å². The summed E-state index contributed by atoms with van der Waals surface area (Å²) in [4.78, 5) is 21.6. The first kappa shape index (κ1) is 13.4. The van der Waals surface area contributed by atoms with Crippen molar-refractivity contribution in [3.8, 4) is 0 Å². The predicted octanol–water partition coefficient (Wildman–Crippen LogP) is 0.833. The number of hydrogen-bond acceptors (Lipinski definition) is 5. The Labute approximate surface area is 88.2 Å². The lowest BCUT2D eigenvalue weighted by Gasteiger charge is -2.24. The number of rotatable bonds is 5. The Bertz CT molecular complexity index is 273. The summed E-state index contributed by atoms with van der Waals surface area (Å²) in [6.07, 6.45) is -1.19. The molecule has 0 fully saturated rings. The third kappa shape index (κ3) is 4.99. The second-order valence-electron chi connectivity index (χ2n) is 3.39. The molecular formula is C9H16N2O4. The molecule has 0 unspecified atom stereocenters. The fourth-order valence-electron chi connectivity index (χ4n) is 0.882. The summed E-state index contributed by atoms with van der Waals surface area (Å²) in [5.41, 5.74) is 3.59. The molecule has 0 rings (SSSR count). The summed E-state index contributed by atoms with van der Waals surface area (Å²) in [6, 6.07) is 0. The van der Waals surface area contributed by atoms with Crippen LogP contribution in [-0.2, 0) is 14.3 Å². The summed E-state index contributed by atoms with van der Waals surface area (Å²) >= 11 is 0. The Morgan fingerprint density at radius 3 is 2.33 bits per heavy atom. The number of carbonyl (C=O) groups excluding carboxylic acids is 2. The summed E-state index contributed by atoms with van der Waals surface area (Å²) in [5, 5.41) is 7.56. The molecule has 86 valence electrons. The molecule has 15 heavy (non-hydrogen) atoms. The summed E-state index contributed by atoms with van der Waals surface area (Å²) in [6.45, 7) is 4.90. The molecule has 0 atom stereocenters. The first-order chi connectivity index (χ1) is 6.79. The molecule has 0 aliphatic carbocycles. The van der Waals surface area contributed by atoms with E-state index in [-0.39, 0.29) is 18.7 Å². The number of amides is 1. The van der Waals surface area contributed by atoms with Crippen molar-refractivity contribution in [1.82, 2.24) is 0 Å². The highest BCUT2D eigenvalue weighted by atomic mass is 16.6. The second-order valence-corrected chi connectivity index (χ2v) is 3.39. The van der Waals surface area contributed by atoms with Crippen molar-refractivity contribution in [3.05, 3.63) is 0 Å². The SMILES string of the molecule is CCOC(=O)CC(=N)C(C)(C)OC(N)=O. The number of primary amides is 1. The molecule has 0 radical (unpaired) electrons. The maximum atomic E-state index is 11.1. The van der Waals surface area contributed by atoms with Gasteiger partial charge in [0, 0.05) is 0 Å². The summed E-state index contributed by atoms with van der Waals surface area (Å²) in [5.74, 6) is -0.524. The fourth-order valence-corrected chi connectivity index (χ4v) is 0.882. The molecule has 0 aromatic heterocycles. The zero-order valence-corrected chi connectivity index (χ0v) is 9.12. The molecule has 0 aromatic carbocycles. The number of carbonyl (C=O) groups is 2. The van der Waals surface area contributed by atoms with Crippen LogP contribution < -0.4 is 5.73 Å². The third-order valence-electron chi connectivity index (χ3n) is 1.71. The molecule has 0 saturated heterocycles. The van der Waals surface area contributed by atoms with Gasteiger partial charge in [-0.25, -0.2) is 4.79 Å². The standard InChI is InChI=1S/C9H16N2O4/c1-4-14-7(12)5-6(10)9(2,3)15-8(11)13/h10H,4-5H2,1-3H3,(H2,11,13). The van der Waals surface area contributed by atoms with Crippen LogP contribution in [0.2, 0.25) is 0 Å². The molecule has 0 aliphatic rings. The van der Waals surface area contributed by atoms with Gasteiger partial charge in [-0.15, -0.1) is 0 Å². The van der Waals surface area contributed by atoms with Crippen LogP contribution in [0.5, 0.6) is 0 Å². The highest BCUT2D eigenvalue weighted by Crippen LogP contribution is 2.13. The lowest BCUT2D eigenvalue weighted by molar-refractivity contribution is -0.141. The van der Waals surface area contributed by atoms with Crippen LogP contribution in [0.15, 0.2) is 0 Å². The quantitative estimate of drug-likeness (QED) is 0.524. The minimum Gasteiger partial charge on any atom is -0.466 e. The van der Waals surface area contributed by atoms with Gasteiger partial charge in [0.15, 0.2) is 0 Å². The Morgan fingerprint density at radius 1 is 1.40 bits per heavy atom. The number of esters is 1. The van der Waals surface area contributed by atoms with Crippen molar-refractivity contribution in [2.24, 2.45) is 5.73 Å². The largest absolute Gasteiger partial charge is 0.466 e. The molecule has 3 N–H and O–H groups in total. The first-order valence-corrected chi connectivity index (χ1v) is 4.51. The molecule has 0 spiro atoms. The van der Waals surface area contributed by atoms with Gasteiger partial charge >= 0.3 is 12.1 Å². The van der Waals surface area contributed by atoms with E-state index in [9.17, 15) is 9.59 Å². The van der Waals surface area contributed by atoms with E-state index < -0.39 is 17.7 Å². The molecule has 1 amide bonds. The van der Waals surface area contributed by atoms with Crippen LogP contribution in [0.3, 0.4) is 0 Å². The lowest BCUT2D eigenvalue weighted by Crippen LogP contribution is -2.39. The highest BCUT2D eigenvalue weighted by Gasteiger charge is 2.29. The molecular weight excluding hydrogens is 200 g/mol. The van der Waals surface area contributed by atoms with E-state index in [1.54, 1.807) is 6.92 Å². The van der Waals surface area contributed by atoms with Crippen molar-refractivity contribution in [2.45, 2.75) is 32.8 Å². The fraction of sp³-hybridized carbons (Fsp3) is 0.667. The average Bonchev–Trinajstić information content (AvgIpc) is 2.01. The minimum atomic E-state index is -1.18. The zero-order valence-electron chi connectivity index (χ0n) is 9.12. The van der Waals surface area contributed by atoms with E-state index in [4.69, 9.17) is 11.1 Å². The molecule has 0 saturated carbocycles. The van der Waals surface area contributed by atoms with Crippen molar-refractivity contribution in [3.63, 3.8) is 0 Å². The summed E-state index contributed by atoms with van der Waals surface area (Å²) in [7, 11) is 0. The Morgan fingerprint density at radius 2 is 1.93 bits per heavy atom. The van der Waals surface area contributed by atoms with Gasteiger partial charge in [0.2, 0.25) is 0 Å². The molecule has 6 heteroatoms. The van der Waals surface area contributed by atoms with Crippen LogP contribution in [0.4, 0.5) is 4.79 Å². The Hall–Kier alpha value is -1.59. The van der Waals surface area contributed by atoms with Crippen molar-refractivity contribution in [1.29, 1.82) is 5.41 Å². The van der Waals surface area contributed by atoms with Crippen LogP contribution in [0.1, 0.15) is 27.2 Å². The van der Waals surface area contributed by atoms with E-state index in [1.165, 1.54) is 13.8 Å². The normalized spacial score (nSPS) is 10.6. The molecule has 0 aromatic rings. The Balaban J connectivity index is 4.30. The van der Waals surface area contributed by atoms with Gasteiger partial charge in [-0.2, -0.15) is 0 Å². The van der Waals surface area contributed by atoms with Gasteiger partial charge in [0.25, 0.3) is 0 Å². The van der Waals surface area contributed by atoms with E-state index in [2.05, 4.69) is 9.47 Å². The van der Waals surface area contributed by atoms with E-state index in [1.807, 2.05) is 0 Å². The highest BCUT2D eigenvalue weighted by molar-refractivity contribution is 6.02. The summed E-state index contributed by atoms with van der Waals surface area (Å²) < 4.78 is 9.35. The second kappa shape index (κ2) is 5.33. The molecule has 6 nitrogen and oxygen atoms in total. The van der Waals surface area contributed by atoms with E-state index >= 15 is 0 Å². The molecule has 0 aliphatic heterocycles. The number of nitrogens with one attached hydrogen (secondary N) is 1. The predicted molar refractivity (Wildman–Crippen MR) is 53.7 cm³/mol. The topological polar surface area (TPSA) is 102 Å². The smallest absolute Gasteiger partial charge is 0.405 e. The lowest BCUT2D eigenvalue weighted by atomic mass is 10.00. The van der Waals surface area contributed by atoms with Gasteiger partial charge in [0.1, 0.15) is 5.60 Å². The maximum Gasteiger partial charge on any atom is 0.405 e. The van der Waals surface area contributed by atoms with Crippen molar-refractivity contribution < 1.29 is 19.1 Å². The van der Waals surface area contributed by atoms with Gasteiger partial charge in [-0.05, 0) is 20.8 Å². The van der Waals surface area contributed by atoms with Crippen LogP contribution in [0, 0.1) is 5.41 Å². The van der Waals surface area contributed by atoms with Gasteiger partial charge in [-0.1, -0.05) is 0 Å².